The summed E-state index contributed by atoms with van der Waals surface area (Å²) in [4.78, 5) is 27.8. The van der Waals surface area contributed by atoms with Crippen molar-refractivity contribution in [3.8, 4) is 5.69 Å². The quantitative estimate of drug-likeness (QED) is 0.459. The van der Waals surface area contributed by atoms with Crippen LogP contribution < -0.4 is 5.32 Å². The van der Waals surface area contributed by atoms with Gasteiger partial charge in [0, 0.05) is 28.1 Å². The highest BCUT2D eigenvalue weighted by atomic mass is 35.5. The highest BCUT2D eigenvalue weighted by Gasteiger charge is 2.24. The molecule has 0 aliphatic carbocycles. The summed E-state index contributed by atoms with van der Waals surface area (Å²) >= 11 is 6.05. The summed E-state index contributed by atoms with van der Waals surface area (Å²) in [5, 5.41) is 8.31. The topological polar surface area (TPSA) is 67.2 Å². The molecule has 0 bridgehead atoms. The lowest BCUT2D eigenvalue weighted by Crippen LogP contribution is -2.42. The Morgan fingerprint density at radius 1 is 1.06 bits per heavy atom. The van der Waals surface area contributed by atoms with E-state index in [0.29, 0.717) is 16.4 Å². The minimum atomic E-state index is -0.289. The maximum absolute atomic E-state index is 13.1. The number of hydrogen-bond donors (Lipinski definition) is 1. The van der Waals surface area contributed by atoms with E-state index in [4.69, 9.17) is 16.7 Å². The number of carbonyl (C=O) groups excluding carboxylic acids is 2. The van der Waals surface area contributed by atoms with E-state index in [9.17, 15) is 9.59 Å². The molecular formula is C27H33ClN4O2. The van der Waals surface area contributed by atoms with Crippen molar-refractivity contribution >= 4 is 29.2 Å². The van der Waals surface area contributed by atoms with Gasteiger partial charge in [-0.05, 0) is 62.2 Å². The Balaban J connectivity index is 1.84. The summed E-state index contributed by atoms with van der Waals surface area (Å²) in [6, 6.07) is 16.5. The van der Waals surface area contributed by atoms with Crippen molar-refractivity contribution in [3.05, 3.63) is 76.4 Å². The minimum Gasteiger partial charge on any atom is -0.327 e. The Labute approximate surface area is 206 Å². The Kier molecular flexibility index (Phi) is 7.82. The molecule has 0 unspecified atom stereocenters. The highest BCUT2D eigenvalue weighted by Crippen LogP contribution is 2.27. The molecule has 0 saturated carbocycles. The maximum atomic E-state index is 13.1. The number of halogens is 1. The molecule has 0 saturated heterocycles. The van der Waals surface area contributed by atoms with E-state index >= 15 is 0 Å². The molecule has 2 amide bonds. The van der Waals surface area contributed by atoms with Crippen LogP contribution >= 0.6 is 11.6 Å². The smallest absolute Gasteiger partial charge is 0.254 e. The zero-order valence-electron chi connectivity index (χ0n) is 20.7. The molecule has 1 heterocycles. The number of amides is 2. The molecule has 34 heavy (non-hydrogen) atoms. The van der Waals surface area contributed by atoms with Crippen molar-refractivity contribution < 1.29 is 9.59 Å². The molecule has 3 rings (SSSR count). The van der Waals surface area contributed by atoms with Crippen LogP contribution in [0.3, 0.4) is 0 Å². The molecular weight excluding hydrogens is 448 g/mol. The fourth-order valence-electron chi connectivity index (χ4n) is 3.49. The van der Waals surface area contributed by atoms with Gasteiger partial charge < -0.3 is 10.2 Å². The van der Waals surface area contributed by atoms with Crippen molar-refractivity contribution in [3.63, 3.8) is 0 Å². The first-order valence-corrected chi connectivity index (χ1v) is 11.9. The van der Waals surface area contributed by atoms with Gasteiger partial charge in [0.2, 0.25) is 5.91 Å². The molecule has 0 radical (unpaired) electrons. The molecule has 2 aromatic carbocycles. The summed E-state index contributed by atoms with van der Waals surface area (Å²) < 4.78 is 1.69. The number of benzene rings is 2. The van der Waals surface area contributed by atoms with Gasteiger partial charge in [0.15, 0.2) is 0 Å². The molecule has 1 N–H and O–H groups in total. The van der Waals surface area contributed by atoms with Crippen LogP contribution in [0, 0.1) is 0 Å². The number of anilines is 1. The minimum absolute atomic E-state index is 0.0668. The second kappa shape index (κ2) is 10.4. The van der Waals surface area contributed by atoms with Crippen molar-refractivity contribution in [1.82, 2.24) is 14.7 Å². The van der Waals surface area contributed by atoms with Crippen LogP contribution in [0.5, 0.6) is 0 Å². The fourth-order valence-corrected chi connectivity index (χ4v) is 3.62. The molecule has 0 atom stereocenters. The fraction of sp³-hybridized carbons (Fsp3) is 0.370. The molecule has 6 nitrogen and oxygen atoms in total. The van der Waals surface area contributed by atoms with Crippen LogP contribution in [0.15, 0.2) is 54.6 Å². The van der Waals surface area contributed by atoms with E-state index in [1.807, 2.05) is 56.3 Å². The first kappa shape index (κ1) is 25.5. The van der Waals surface area contributed by atoms with Crippen molar-refractivity contribution in [1.29, 1.82) is 0 Å². The zero-order chi connectivity index (χ0) is 25.0. The lowest BCUT2D eigenvalue weighted by molar-refractivity contribution is -0.117. The normalized spacial score (nSPS) is 11.5. The van der Waals surface area contributed by atoms with E-state index < -0.39 is 0 Å². The first-order chi connectivity index (χ1) is 16.0. The van der Waals surface area contributed by atoms with Gasteiger partial charge in [-0.1, -0.05) is 51.4 Å². The van der Waals surface area contributed by atoms with Crippen molar-refractivity contribution in [2.75, 3.05) is 11.9 Å². The highest BCUT2D eigenvalue weighted by molar-refractivity contribution is 6.30. The van der Waals surface area contributed by atoms with Gasteiger partial charge in [0.1, 0.15) is 12.4 Å². The number of aromatic nitrogens is 2. The lowest BCUT2D eigenvalue weighted by Gasteiger charge is -2.26. The number of nitrogens with zero attached hydrogens (tertiary/aromatic N) is 3. The van der Waals surface area contributed by atoms with Gasteiger partial charge in [0.05, 0.1) is 11.4 Å². The number of nitrogens with one attached hydrogen (secondary N) is 1. The molecule has 1 aromatic heterocycles. The molecule has 0 spiro atoms. The molecule has 0 fully saturated rings. The predicted octanol–water partition coefficient (Wildman–Crippen LogP) is 5.87. The standard InChI is InChI=1S/C27H33ClN4O2/c1-7-19-8-10-20(11-9-19)26(34)31(18(2)3)17-25(33)29-24-16-23(27(4,5)6)30-32(24)22-14-12-21(28)13-15-22/h8-16,18H,7,17H2,1-6H3,(H,29,33). The maximum Gasteiger partial charge on any atom is 0.254 e. The van der Waals surface area contributed by atoms with Crippen LogP contribution in [0.25, 0.3) is 5.69 Å². The Morgan fingerprint density at radius 3 is 2.21 bits per heavy atom. The lowest BCUT2D eigenvalue weighted by atomic mass is 9.92. The van der Waals surface area contributed by atoms with Crippen LogP contribution in [0.4, 0.5) is 5.82 Å². The van der Waals surface area contributed by atoms with Crippen molar-refractivity contribution in [2.24, 2.45) is 0 Å². The van der Waals surface area contributed by atoms with Crippen LogP contribution in [-0.2, 0) is 16.6 Å². The molecule has 7 heteroatoms. The van der Waals surface area contributed by atoms with E-state index in [0.717, 1.165) is 23.4 Å². The number of hydrogen-bond acceptors (Lipinski definition) is 3. The van der Waals surface area contributed by atoms with Crippen LogP contribution in [-0.4, -0.2) is 39.1 Å². The van der Waals surface area contributed by atoms with E-state index in [1.54, 1.807) is 21.7 Å². The van der Waals surface area contributed by atoms with E-state index in [-0.39, 0.29) is 29.8 Å². The zero-order valence-corrected chi connectivity index (χ0v) is 21.5. The van der Waals surface area contributed by atoms with Crippen LogP contribution in [0.1, 0.15) is 63.2 Å². The molecule has 180 valence electrons. The van der Waals surface area contributed by atoms with Crippen molar-refractivity contribution in [2.45, 2.75) is 59.4 Å². The predicted molar refractivity (Wildman–Crippen MR) is 138 cm³/mol. The number of carbonyl (C=O) groups is 2. The van der Waals surface area contributed by atoms with E-state index in [2.05, 4.69) is 33.0 Å². The second-order valence-electron chi connectivity index (χ2n) is 9.68. The van der Waals surface area contributed by atoms with Gasteiger partial charge in [-0.25, -0.2) is 4.68 Å². The average molecular weight is 481 g/mol. The van der Waals surface area contributed by atoms with Gasteiger partial charge in [-0.2, -0.15) is 5.10 Å². The second-order valence-corrected chi connectivity index (χ2v) is 10.1. The van der Waals surface area contributed by atoms with Gasteiger partial charge in [-0.15, -0.1) is 0 Å². The monoisotopic (exact) mass is 480 g/mol. The Bertz CT molecular complexity index is 1140. The third-order valence-corrected chi connectivity index (χ3v) is 5.88. The SMILES string of the molecule is CCc1ccc(C(=O)N(CC(=O)Nc2cc(C(C)(C)C)nn2-c2ccc(Cl)cc2)C(C)C)cc1. The van der Waals surface area contributed by atoms with E-state index in [1.165, 1.54) is 0 Å². The summed E-state index contributed by atoms with van der Waals surface area (Å²) in [6.45, 7) is 12.0. The molecule has 0 aliphatic heterocycles. The van der Waals surface area contributed by atoms with Crippen LogP contribution in [0.2, 0.25) is 5.02 Å². The Hall–Kier alpha value is -3.12. The molecule has 3 aromatic rings. The number of aryl methyl sites for hydroxylation is 1. The largest absolute Gasteiger partial charge is 0.327 e. The first-order valence-electron chi connectivity index (χ1n) is 11.6. The summed E-state index contributed by atoms with van der Waals surface area (Å²) in [6.07, 6.45) is 0.905. The summed E-state index contributed by atoms with van der Waals surface area (Å²) in [5.41, 5.74) is 3.14. The molecule has 0 aliphatic rings. The van der Waals surface area contributed by atoms with Gasteiger partial charge >= 0.3 is 0 Å². The average Bonchev–Trinajstić information content (AvgIpc) is 3.21. The third-order valence-electron chi connectivity index (χ3n) is 5.62. The van der Waals surface area contributed by atoms with Gasteiger partial charge in [-0.3, -0.25) is 9.59 Å². The Morgan fingerprint density at radius 2 is 1.68 bits per heavy atom. The van der Waals surface area contributed by atoms with Gasteiger partial charge in [0.25, 0.3) is 5.91 Å². The summed E-state index contributed by atoms with van der Waals surface area (Å²) in [7, 11) is 0. The summed E-state index contributed by atoms with van der Waals surface area (Å²) in [5.74, 6) is 0.0814. The third kappa shape index (κ3) is 6.06. The number of rotatable bonds is 7.